The van der Waals surface area contributed by atoms with Crippen molar-refractivity contribution in [3.8, 4) is 0 Å². The van der Waals surface area contributed by atoms with Crippen molar-refractivity contribution in [2.45, 2.75) is 58.6 Å². The lowest BCUT2D eigenvalue weighted by Gasteiger charge is -2.30. The average Bonchev–Trinajstić information content (AvgIpc) is 2.25. The molecule has 1 unspecified atom stereocenters. The van der Waals surface area contributed by atoms with Crippen molar-refractivity contribution in [2.24, 2.45) is 17.6 Å². The molecule has 0 aromatic carbocycles. The number of carbonyl (C=O) groups excluding carboxylic acids is 3. The maximum absolute atomic E-state index is 11.9. The van der Waals surface area contributed by atoms with Crippen LogP contribution in [0.25, 0.3) is 0 Å². The molecule has 0 aliphatic heterocycles. The molecule has 0 saturated heterocycles. The van der Waals surface area contributed by atoms with Crippen molar-refractivity contribution in [1.82, 2.24) is 0 Å². The van der Waals surface area contributed by atoms with Gasteiger partial charge in [0.2, 0.25) is 0 Å². The minimum Gasteiger partial charge on any atom is -0.460 e. The molecule has 5 nitrogen and oxygen atoms in total. The molecule has 0 heterocycles. The van der Waals surface area contributed by atoms with E-state index in [0.717, 1.165) is 0 Å². The smallest absolute Gasteiger partial charge is 0.310 e. The fourth-order valence-corrected chi connectivity index (χ4v) is 2.20. The number of carbonyl (C=O) groups is 3. The Morgan fingerprint density at radius 1 is 1.26 bits per heavy atom. The topological polar surface area (TPSA) is 86.5 Å². The van der Waals surface area contributed by atoms with Gasteiger partial charge in [0.1, 0.15) is 17.2 Å². The van der Waals surface area contributed by atoms with Crippen molar-refractivity contribution in [3.63, 3.8) is 0 Å². The molecular formula is C14H23NO4. The van der Waals surface area contributed by atoms with Gasteiger partial charge in [0, 0.05) is 18.9 Å². The van der Waals surface area contributed by atoms with Gasteiger partial charge in [0.05, 0.1) is 11.8 Å². The van der Waals surface area contributed by atoms with Gasteiger partial charge in [-0.15, -0.1) is 0 Å². The Balaban J connectivity index is 2.75. The molecule has 19 heavy (non-hydrogen) atoms. The summed E-state index contributed by atoms with van der Waals surface area (Å²) in [6, 6.07) is -0.796. The van der Waals surface area contributed by atoms with Crippen LogP contribution in [-0.2, 0) is 19.1 Å². The number of ketones is 2. The number of ether oxygens (including phenoxy) is 1. The minimum atomic E-state index is -0.851. The van der Waals surface area contributed by atoms with E-state index < -0.39 is 29.4 Å². The van der Waals surface area contributed by atoms with E-state index in [1.54, 1.807) is 27.7 Å². The largest absolute Gasteiger partial charge is 0.460 e. The first-order valence-electron chi connectivity index (χ1n) is 6.67. The predicted molar refractivity (Wildman–Crippen MR) is 70.3 cm³/mol. The summed E-state index contributed by atoms with van der Waals surface area (Å²) in [5.74, 6) is -2.30. The lowest BCUT2D eigenvalue weighted by Crippen LogP contribution is -2.49. The number of nitrogens with two attached hydrogens (primary N) is 1. The van der Waals surface area contributed by atoms with E-state index in [9.17, 15) is 14.4 Å². The van der Waals surface area contributed by atoms with E-state index in [0.29, 0.717) is 19.3 Å². The third-order valence-electron chi connectivity index (χ3n) is 3.28. The van der Waals surface area contributed by atoms with Gasteiger partial charge < -0.3 is 10.5 Å². The Bertz CT molecular complexity index is 367. The molecular weight excluding hydrogens is 246 g/mol. The van der Waals surface area contributed by atoms with E-state index in [1.807, 2.05) is 0 Å². The minimum absolute atomic E-state index is 0.154. The van der Waals surface area contributed by atoms with Crippen LogP contribution in [0.1, 0.15) is 47.0 Å². The predicted octanol–water partition coefficient (Wildman–Crippen LogP) is 1.23. The summed E-state index contributed by atoms with van der Waals surface area (Å²) in [6.45, 7) is 6.90. The maximum Gasteiger partial charge on any atom is 0.310 e. The molecule has 0 amide bonds. The first-order chi connectivity index (χ1) is 8.63. The highest BCUT2D eigenvalue weighted by Crippen LogP contribution is 2.24. The molecule has 108 valence electrons. The van der Waals surface area contributed by atoms with Crippen molar-refractivity contribution in [2.75, 3.05) is 0 Å². The maximum atomic E-state index is 11.9. The Hall–Kier alpha value is -1.23. The molecule has 0 aromatic heterocycles. The van der Waals surface area contributed by atoms with E-state index in [1.165, 1.54) is 0 Å². The second kappa shape index (κ2) is 5.82. The molecule has 0 radical (unpaired) electrons. The number of hydrogen-bond donors (Lipinski definition) is 1. The molecule has 1 fully saturated rings. The second-order valence-electron chi connectivity index (χ2n) is 6.16. The lowest BCUT2D eigenvalue weighted by molar-refractivity contribution is -0.160. The summed E-state index contributed by atoms with van der Waals surface area (Å²) >= 11 is 0. The van der Waals surface area contributed by atoms with Crippen LogP contribution < -0.4 is 5.73 Å². The SMILES string of the molecule is CC(C(=O)OC(C)(C)C)[C@H](N)C1C(=O)CCCC1=O. The van der Waals surface area contributed by atoms with E-state index in [2.05, 4.69) is 0 Å². The monoisotopic (exact) mass is 269 g/mol. The van der Waals surface area contributed by atoms with Gasteiger partial charge in [-0.3, -0.25) is 14.4 Å². The van der Waals surface area contributed by atoms with Gasteiger partial charge in [-0.05, 0) is 27.2 Å². The summed E-state index contributed by atoms with van der Waals surface area (Å²) in [5.41, 5.74) is 5.34. The fraction of sp³-hybridized carbons (Fsp3) is 0.786. The standard InChI is InChI=1S/C14H23NO4/c1-8(13(18)19-14(2,3)4)12(15)11-9(16)6-5-7-10(11)17/h8,11-12H,5-7,15H2,1-4H3/t8?,12-/m0/s1. The summed E-state index contributed by atoms with van der Waals surface area (Å²) in [5, 5.41) is 0. The Labute approximate surface area is 113 Å². The van der Waals surface area contributed by atoms with Gasteiger partial charge in [0.15, 0.2) is 0 Å². The third kappa shape index (κ3) is 4.13. The molecule has 1 aliphatic rings. The lowest BCUT2D eigenvalue weighted by atomic mass is 9.78. The van der Waals surface area contributed by atoms with Crippen LogP contribution >= 0.6 is 0 Å². The van der Waals surface area contributed by atoms with E-state index in [-0.39, 0.29) is 11.6 Å². The molecule has 5 heteroatoms. The average molecular weight is 269 g/mol. The molecule has 0 spiro atoms. The van der Waals surface area contributed by atoms with Crippen molar-refractivity contribution >= 4 is 17.5 Å². The van der Waals surface area contributed by atoms with Crippen molar-refractivity contribution < 1.29 is 19.1 Å². The van der Waals surface area contributed by atoms with Gasteiger partial charge in [-0.2, -0.15) is 0 Å². The number of esters is 1. The molecule has 1 aliphatic carbocycles. The number of rotatable bonds is 3. The molecule has 1 saturated carbocycles. The van der Waals surface area contributed by atoms with Gasteiger partial charge >= 0.3 is 5.97 Å². The fourth-order valence-electron chi connectivity index (χ4n) is 2.20. The van der Waals surface area contributed by atoms with Crippen molar-refractivity contribution in [1.29, 1.82) is 0 Å². The quantitative estimate of drug-likeness (QED) is 0.615. The summed E-state index contributed by atoms with van der Waals surface area (Å²) < 4.78 is 5.24. The van der Waals surface area contributed by atoms with Crippen LogP contribution in [-0.4, -0.2) is 29.2 Å². The normalized spacial score (nSPS) is 21.1. The van der Waals surface area contributed by atoms with Gasteiger partial charge in [0.25, 0.3) is 0 Å². The zero-order valence-electron chi connectivity index (χ0n) is 12.1. The summed E-state index contributed by atoms with van der Waals surface area (Å²) in [7, 11) is 0. The van der Waals surface area contributed by atoms with Crippen LogP contribution in [0.4, 0.5) is 0 Å². The van der Waals surface area contributed by atoms with E-state index >= 15 is 0 Å². The molecule has 1 rings (SSSR count). The van der Waals surface area contributed by atoms with Crippen LogP contribution in [0, 0.1) is 11.8 Å². The van der Waals surface area contributed by atoms with Crippen LogP contribution in [0.2, 0.25) is 0 Å². The van der Waals surface area contributed by atoms with Crippen LogP contribution in [0.15, 0.2) is 0 Å². The van der Waals surface area contributed by atoms with Gasteiger partial charge in [-0.1, -0.05) is 6.92 Å². The molecule has 2 atom stereocenters. The second-order valence-corrected chi connectivity index (χ2v) is 6.16. The highest BCUT2D eigenvalue weighted by atomic mass is 16.6. The van der Waals surface area contributed by atoms with Crippen molar-refractivity contribution in [3.05, 3.63) is 0 Å². The Kier molecular flexibility index (Phi) is 4.85. The molecule has 2 N–H and O–H groups in total. The Morgan fingerprint density at radius 3 is 2.16 bits per heavy atom. The first-order valence-corrected chi connectivity index (χ1v) is 6.67. The molecule has 0 bridgehead atoms. The molecule has 0 aromatic rings. The van der Waals surface area contributed by atoms with Gasteiger partial charge in [-0.25, -0.2) is 0 Å². The highest BCUT2D eigenvalue weighted by Gasteiger charge is 2.40. The number of hydrogen-bond acceptors (Lipinski definition) is 5. The van der Waals surface area contributed by atoms with Crippen LogP contribution in [0.3, 0.4) is 0 Å². The van der Waals surface area contributed by atoms with E-state index in [4.69, 9.17) is 10.5 Å². The summed E-state index contributed by atoms with van der Waals surface area (Å²) in [6.07, 6.45) is 1.32. The number of Topliss-reactive ketones (excluding diaryl/α,β-unsaturated/α-hetero) is 2. The zero-order valence-corrected chi connectivity index (χ0v) is 12.1. The first kappa shape index (κ1) is 15.8. The third-order valence-corrected chi connectivity index (χ3v) is 3.28. The zero-order chi connectivity index (χ0) is 14.8. The Morgan fingerprint density at radius 2 is 1.74 bits per heavy atom. The highest BCUT2D eigenvalue weighted by molar-refractivity contribution is 6.05. The summed E-state index contributed by atoms with van der Waals surface area (Å²) in [4.78, 5) is 35.5. The van der Waals surface area contributed by atoms with Crippen LogP contribution in [0.5, 0.6) is 0 Å².